The van der Waals surface area contributed by atoms with E-state index in [9.17, 15) is 24.1 Å². The standard InChI is InChI=1S/C33H42F2N2O3/c1-32(2,3)24-8-7-9-25(17-24)33(12-5-4-6-13-33)37-21-31(40)29(16-22-14-26(34)18-27(35)15-22)36-20-23-10-11-28(38)19-30(23)39/h7-11,14-15,17-19,29,31,36-40H,4-6,12-13,16,20-21H2,1-3H3. The minimum atomic E-state index is -0.893. The fourth-order valence-electron chi connectivity index (χ4n) is 5.72. The maximum atomic E-state index is 14.0. The summed E-state index contributed by atoms with van der Waals surface area (Å²) in [7, 11) is 0. The summed E-state index contributed by atoms with van der Waals surface area (Å²) in [5.41, 5.74) is 3.19. The molecule has 2 unspecified atom stereocenters. The third kappa shape index (κ3) is 7.59. The first-order valence-electron chi connectivity index (χ1n) is 14.2. The Morgan fingerprint density at radius 3 is 2.25 bits per heavy atom. The molecule has 1 aliphatic rings. The number of aromatic hydroxyl groups is 2. The quantitative estimate of drug-likeness (QED) is 0.207. The second kappa shape index (κ2) is 12.7. The molecule has 5 nitrogen and oxygen atoms in total. The van der Waals surface area contributed by atoms with Crippen LogP contribution in [0.2, 0.25) is 0 Å². The molecule has 0 saturated heterocycles. The minimum Gasteiger partial charge on any atom is -0.508 e. The Bertz CT molecular complexity index is 1260. The van der Waals surface area contributed by atoms with E-state index in [4.69, 9.17) is 0 Å². The Hall–Kier alpha value is -3.00. The molecule has 5 N–H and O–H groups in total. The largest absolute Gasteiger partial charge is 0.508 e. The van der Waals surface area contributed by atoms with Crippen molar-refractivity contribution in [2.75, 3.05) is 6.54 Å². The summed E-state index contributed by atoms with van der Waals surface area (Å²) in [4.78, 5) is 0. The molecule has 0 bridgehead atoms. The van der Waals surface area contributed by atoms with Crippen LogP contribution < -0.4 is 10.6 Å². The van der Waals surface area contributed by atoms with Gasteiger partial charge in [0.15, 0.2) is 0 Å². The van der Waals surface area contributed by atoms with Gasteiger partial charge in [0.1, 0.15) is 23.1 Å². The molecule has 1 saturated carbocycles. The van der Waals surface area contributed by atoms with Crippen LogP contribution in [0.3, 0.4) is 0 Å². The smallest absolute Gasteiger partial charge is 0.126 e. The number of rotatable bonds is 10. The van der Waals surface area contributed by atoms with Crippen molar-refractivity contribution in [3.8, 4) is 11.5 Å². The van der Waals surface area contributed by atoms with Crippen molar-refractivity contribution in [3.05, 3.63) is 94.6 Å². The first-order valence-corrected chi connectivity index (χ1v) is 14.2. The van der Waals surface area contributed by atoms with Crippen molar-refractivity contribution in [2.45, 2.75) is 88.9 Å². The minimum absolute atomic E-state index is 0.0143. The third-order valence-corrected chi connectivity index (χ3v) is 8.10. The lowest BCUT2D eigenvalue weighted by Gasteiger charge is -2.41. The highest BCUT2D eigenvalue weighted by atomic mass is 19.1. The summed E-state index contributed by atoms with van der Waals surface area (Å²) in [6.07, 6.45) is 4.57. The van der Waals surface area contributed by atoms with Crippen molar-refractivity contribution in [1.29, 1.82) is 0 Å². The summed E-state index contributed by atoms with van der Waals surface area (Å²) < 4.78 is 27.9. The van der Waals surface area contributed by atoms with E-state index in [1.54, 1.807) is 6.07 Å². The molecule has 0 spiro atoms. The van der Waals surface area contributed by atoms with E-state index in [0.29, 0.717) is 11.1 Å². The van der Waals surface area contributed by atoms with Crippen LogP contribution in [0.4, 0.5) is 8.78 Å². The van der Waals surface area contributed by atoms with Gasteiger partial charge in [0.2, 0.25) is 0 Å². The molecule has 0 radical (unpaired) electrons. The molecule has 1 aliphatic carbocycles. The Balaban J connectivity index is 1.56. The van der Waals surface area contributed by atoms with Crippen molar-refractivity contribution >= 4 is 0 Å². The van der Waals surface area contributed by atoms with Gasteiger partial charge in [0.25, 0.3) is 0 Å². The van der Waals surface area contributed by atoms with Gasteiger partial charge < -0.3 is 26.0 Å². The molecule has 3 aromatic carbocycles. The zero-order valence-corrected chi connectivity index (χ0v) is 23.7. The first kappa shape index (κ1) is 30.0. The zero-order chi connectivity index (χ0) is 28.9. The van der Waals surface area contributed by atoms with Crippen LogP contribution in [0.5, 0.6) is 11.5 Å². The van der Waals surface area contributed by atoms with Gasteiger partial charge in [-0.25, -0.2) is 8.78 Å². The number of hydrogen-bond donors (Lipinski definition) is 5. The molecular weight excluding hydrogens is 510 g/mol. The number of hydrogen-bond acceptors (Lipinski definition) is 5. The average Bonchev–Trinajstić information content (AvgIpc) is 2.90. The number of halogens is 2. The second-order valence-corrected chi connectivity index (χ2v) is 12.2. The summed E-state index contributed by atoms with van der Waals surface area (Å²) in [5.74, 6) is -1.46. The van der Waals surface area contributed by atoms with Crippen LogP contribution >= 0.6 is 0 Å². The highest BCUT2D eigenvalue weighted by Crippen LogP contribution is 2.38. The number of nitrogens with one attached hydrogen (secondary N) is 2. The lowest BCUT2D eigenvalue weighted by molar-refractivity contribution is 0.103. The summed E-state index contributed by atoms with van der Waals surface area (Å²) in [6, 6.07) is 15.9. The molecule has 40 heavy (non-hydrogen) atoms. The Labute approximate surface area is 236 Å². The summed E-state index contributed by atoms with van der Waals surface area (Å²) in [5, 5.41) is 38.3. The first-order chi connectivity index (χ1) is 18.9. The Kier molecular flexibility index (Phi) is 9.49. The highest BCUT2D eigenvalue weighted by molar-refractivity contribution is 5.39. The predicted octanol–water partition coefficient (Wildman–Crippen LogP) is 6.18. The maximum Gasteiger partial charge on any atom is 0.126 e. The number of aliphatic hydroxyl groups is 1. The molecule has 4 rings (SSSR count). The Morgan fingerprint density at radius 2 is 1.60 bits per heavy atom. The monoisotopic (exact) mass is 552 g/mol. The van der Waals surface area contributed by atoms with E-state index >= 15 is 0 Å². The van der Waals surface area contributed by atoms with Crippen molar-refractivity contribution in [3.63, 3.8) is 0 Å². The molecular formula is C33H42F2N2O3. The molecule has 2 atom stereocenters. The van der Waals surface area contributed by atoms with Gasteiger partial charge in [0, 0.05) is 42.4 Å². The van der Waals surface area contributed by atoms with E-state index in [0.717, 1.165) is 31.7 Å². The molecule has 0 heterocycles. The van der Waals surface area contributed by atoms with Gasteiger partial charge in [0.05, 0.1) is 6.10 Å². The molecule has 1 fully saturated rings. The molecule has 0 aliphatic heterocycles. The van der Waals surface area contributed by atoms with Crippen molar-refractivity contribution < 1.29 is 24.1 Å². The molecule has 216 valence electrons. The molecule has 7 heteroatoms. The van der Waals surface area contributed by atoms with Crippen molar-refractivity contribution in [2.24, 2.45) is 0 Å². The predicted molar refractivity (Wildman–Crippen MR) is 154 cm³/mol. The van der Waals surface area contributed by atoms with Crippen LogP contribution in [0.15, 0.2) is 60.7 Å². The van der Waals surface area contributed by atoms with Gasteiger partial charge in [-0.3, -0.25) is 0 Å². The SMILES string of the molecule is CC(C)(C)c1cccc(C2(NCC(O)C(Cc3cc(F)cc(F)c3)NCc3ccc(O)cc3O)CCCCC2)c1. The van der Waals surface area contributed by atoms with Gasteiger partial charge in [-0.1, -0.05) is 70.4 Å². The highest BCUT2D eigenvalue weighted by Gasteiger charge is 2.35. The van der Waals surface area contributed by atoms with Gasteiger partial charge in [-0.2, -0.15) is 0 Å². The lowest BCUT2D eigenvalue weighted by atomic mass is 9.74. The summed E-state index contributed by atoms with van der Waals surface area (Å²) in [6.45, 7) is 7.08. The van der Waals surface area contributed by atoms with Crippen LogP contribution in [0.1, 0.15) is 75.1 Å². The van der Waals surface area contributed by atoms with E-state index < -0.39 is 23.8 Å². The number of aliphatic hydroxyl groups excluding tert-OH is 1. The van der Waals surface area contributed by atoms with E-state index in [1.807, 2.05) is 0 Å². The van der Waals surface area contributed by atoms with E-state index in [1.165, 1.54) is 41.8 Å². The maximum absolute atomic E-state index is 14.0. The number of phenols is 2. The van der Waals surface area contributed by atoms with Crippen molar-refractivity contribution in [1.82, 2.24) is 10.6 Å². The zero-order valence-electron chi connectivity index (χ0n) is 23.7. The van der Waals surface area contributed by atoms with Crippen LogP contribution in [-0.2, 0) is 23.9 Å². The van der Waals surface area contributed by atoms with E-state index in [2.05, 4.69) is 55.7 Å². The van der Waals surface area contributed by atoms with Gasteiger partial charge in [-0.15, -0.1) is 0 Å². The normalized spacial score (nSPS) is 16.9. The lowest BCUT2D eigenvalue weighted by Crippen LogP contribution is -2.52. The van der Waals surface area contributed by atoms with Crippen LogP contribution in [0.25, 0.3) is 0 Å². The average molecular weight is 553 g/mol. The number of phenolic OH excluding ortho intramolecular Hbond substituents is 2. The van der Waals surface area contributed by atoms with E-state index in [-0.39, 0.29) is 42.0 Å². The van der Waals surface area contributed by atoms with Crippen LogP contribution in [-0.4, -0.2) is 34.0 Å². The van der Waals surface area contributed by atoms with Gasteiger partial charge >= 0.3 is 0 Å². The molecule has 0 amide bonds. The van der Waals surface area contributed by atoms with Gasteiger partial charge in [-0.05, 0) is 59.6 Å². The number of benzene rings is 3. The molecule has 0 aromatic heterocycles. The fourth-order valence-corrected chi connectivity index (χ4v) is 5.72. The second-order valence-electron chi connectivity index (χ2n) is 12.2. The third-order valence-electron chi connectivity index (χ3n) is 8.10. The topological polar surface area (TPSA) is 84.8 Å². The van der Waals surface area contributed by atoms with Crippen LogP contribution in [0, 0.1) is 11.6 Å². The molecule has 3 aromatic rings. The fraction of sp³-hybridized carbons (Fsp3) is 0.455. The summed E-state index contributed by atoms with van der Waals surface area (Å²) >= 11 is 0. The Morgan fingerprint density at radius 1 is 0.900 bits per heavy atom.